The molecular formula is C16H15IO3S. The van der Waals surface area contributed by atoms with Crippen LogP contribution >= 0.6 is 34.4 Å². The van der Waals surface area contributed by atoms with Crippen LogP contribution in [0.25, 0.3) is 0 Å². The van der Waals surface area contributed by atoms with Gasteiger partial charge in [0.15, 0.2) is 17.3 Å². The van der Waals surface area contributed by atoms with Crippen LogP contribution < -0.4 is 9.47 Å². The van der Waals surface area contributed by atoms with Crippen LogP contribution in [0.3, 0.4) is 0 Å². The lowest BCUT2D eigenvalue weighted by Gasteiger charge is -2.12. The average Bonchev–Trinajstić information content (AvgIpc) is 2.53. The van der Waals surface area contributed by atoms with Gasteiger partial charge in [0.05, 0.1) is 23.5 Å². The Morgan fingerprint density at radius 3 is 2.43 bits per heavy atom. The summed E-state index contributed by atoms with van der Waals surface area (Å²) in [6.07, 6.45) is 0. The molecule has 0 aliphatic heterocycles. The van der Waals surface area contributed by atoms with Gasteiger partial charge >= 0.3 is 0 Å². The highest BCUT2D eigenvalue weighted by molar-refractivity contribution is 14.1. The van der Waals surface area contributed by atoms with E-state index in [4.69, 9.17) is 9.47 Å². The third-order valence-electron chi connectivity index (χ3n) is 2.90. The summed E-state index contributed by atoms with van der Waals surface area (Å²) >= 11 is 3.72. The Balaban J connectivity index is 2.12. The number of hydrogen-bond donors (Lipinski definition) is 0. The second kappa shape index (κ2) is 7.70. The van der Waals surface area contributed by atoms with Crippen LogP contribution in [0, 0.1) is 3.57 Å². The molecule has 0 amide bonds. The minimum absolute atomic E-state index is 0.117. The Kier molecular flexibility index (Phi) is 5.93. The molecule has 0 saturated heterocycles. The maximum Gasteiger partial charge on any atom is 0.175 e. The van der Waals surface area contributed by atoms with E-state index >= 15 is 0 Å². The monoisotopic (exact) mass is 414 g/mol. The number of ether oxygens (including phenoxy) is 2. The van der Waals surface area contributed by atoms with Crippen molar-refractivity contribution in [3.05, 3.63) is 51.6 Å². The smallest absolute Gasteiger partial charge is 0.175 e. The normalized spacial score (nSPS) is 10.2. The zero-order valence-corrected chi connectivity index (χ0v) is 14.7. The standard InChI is InChI=1S/C16H15IO3S/c1-19-13-8-9-14(15(17)16(13)20-2)21-10-12(18)11-6-4-3-5-7-11/h3-9H,10H2,1-2H3. The maximum absolute atomic E-state index is 12.1. The molecule has 0 atom stereocenters. The van der Waals surface area contributed by atoms with Crippen LogP contribution in [0.5, 0.6) is 11.5 Å². The zero-order chi connectivity index (χ0) is 15.2. The van der Waals surface area contributed by atoms with E-state index in [0.717, 1.165) is 14.0 Å². The highest BCUT2D eigenvalue weighted by Crippen LogP contribution is 2.38. The molecule has 0 bridgehead atoms. The van der Waals surface area contributed by atoms with E-state index in [0.29, 0.717) is 17.3 Å². The minimum atomic E-state index is 0.117. The zero-order valence-electron chi connectivity index (χ0n) is 11.8. The van der Waals surface area contributed by atoms with E-state index in [1.54, 1.807) is 14.2 Å². The van der Waals surface area contributed by atoms with Gasteiger partial charge in [-0.1, -0.05) is 30.3 Å². The molecule has 0 aliphatic rings. The number of ketones is 1. The molecule has 0 fully saturated rings. The van der Waals surface area contributed by atoms with Crippen molar-refractivity contribution in [2.45, 2.75) is 4.90 Å². The van der Waals surface area contributed by atoms with Gasteiger partial charge in [0.25, 0.3) is 0 Å². The molecule has 2 rings (SSSR count). The van der Waals surface area contributed by atoms with Gasteiger partial charge in [-0.3, -0.25) is 4.79 Å². The SMILES string of the molecule is COc1ccc(SCC(=O)c2ccccc2)c(I)c1OC. The fourth-order valence-electron chi connectivity index (χ4n) is 1.83. The number of Topliss-reactive ketones (excluding diaryl/α,β-unsaturated/α-hetero) is 1. The molecule has 110 valence electrons. The highest BCUT2D eigenvalue weighted by atomic mass is 127. The van der Waals surface area contributed by atoms with Crippen molar-refractivity contribution in [1.82, 2.24) is 0 Å². The predicted molar refractivity (Wildman–Crippen MR) is 93.8 cm³/mol. The molecule has 0 saturated carbocycles. The number of halogens is 1. The van der Waals surface area contributed by atoms with Crippen molar-refractivity contribution < 1.29 is 14.3 Å². The van der Waals surface area contributed by atoms with Gasteiger partial charge in [-0.05, 0) is 34.7 Å². The third kappa shape index (κ3) is 3.91. The summed E-state index contributed by atoms with van der Waals surface area (Å²) in [7, 11) is 3.23. The fraction of sp³-hybridized carbons (Fsp3) is 0.188. The van der Waals surface area contributed by atoms with Crippen molar-refractivity contribution >= 4 is 40.1 Å². The molecule has 5 heteroatoms. The lowest BCUT2D eigenvalue weighted by Crippen LogP contribution is -2.02. The Hall–Kier alpha value is -1.21. The van der Waals surface area contributed by atoms with E-state index in [9.17, 15) is 4.79 Å². The molecule has 0 radical (unpaired) electrons. The van der Waals surface area contributed by atoms with Gasteiger partial charge in [-0.15, -0.1) is 11.8 Å². The molecule has 3 nitrogen and oxygen atoms in total. The van der Waals surface area contributed by atoms with Crippen molar-refractivity contribution in [1.29, 1.82) is 0 Å². The van der Waals surface area contributed by atoms with Crippen LogP contribution in [-0.2, 0) is 0 Å². The summed E-state index contributed by atoms with van der Waals surface area (Å²) in [5.41, 5.74) is 0.737. The summed E-state index contributed by atoms with van der Waals surface area (Å²) < 4.78 is 11.6. The van der Waals surface area contributed by atoms with Gasteiger partial charge in [0.2, 0.25) is 0 Å². The van der Waals surface area contributed by atoms with E-state index < -0.39 is 0 Å². The summed E-state index contributed by atoms with van der Waals surface area (Å²) in [5.74, 6) is 1.91. The molecule has 0 heterocycles. The first-order valence-corrected chi connectivity index (χ1v) is 8.35. The fourth-order valence-corrected chi connectivity index (χ4v) is 3.80. The number of rotatable bonds is 6. The summed E-state index contributed by atoms with van der Waals surface area (Å²) in [5, 5.41) is 0. The predicted octanol–water partition coefficient (Wildman–Crippen LogP) is 4.28. The van der Waals surface area contributed by atoms with Crippen molar-refractivity contribution in [2.75, 3.05) is 20.0 Å². The largest absolute Gasteiger partial charge is 0.493 e. The number of hydrogen-bond acceptors (Lipinski definition) is 4. The molecular weight excluding hydrogens is 399 g/mol. The molecule has 0 aromatic heterocycles. The lowest BCUT2D eigenvalue weighted by molar-refractivity contribution is 0.102. The van der Waals surface area contributed by atoms with Gasteiger partial charge in [0, 0.05) is 10.5 Å². The third-order valence-corrected chi connectivity index (χ3v) is 5.40. The van der Waals surface area contributed by atoms with Crippen LogP contribution in [0.1, 0.15) is 10.4 Å². The molecule has 0 N–H and O–H groups in total. The van der Waals surface area contributed by atoms with Crippen LogP contribution in [0.2, 0.25) is 0 Å². The van der Waals surface area contributed by atoms with Crippen LogP contribution in [0.15, 0.2) is 47.4 Å². The molecule has 21 heavy (non-hydrogen) atoms. The Labute approximate surface area is 142 Å². The minimum Gasteiger partial charge on any atom is -0.493 e. The quantitative estimate of drug-likeness (QED) is 0.402. The lowest BCUT2D eigenvalue weighted by atomic mass is 10.2. The Bertz CT molecular complexity index is 629. The first-order chi connectivity index (χ1) is 10.2. The van der Waals surface area contributed by atoms with E-state index in [2.05, 4.69) is 22.6 Å². The van der Waals surface area contributed by atoms with Crippen LogP contribution in [0.4, 0.5) is 0 Å². The molecule has 0 unspecified atom stereocenters. The number of benzene rings is 2. The van der Waals surface area contributed by atoms with Crippen LogP contribution in [-0.4, -0.2) is 25.8 Å². The van der Waals surface area contributed by atoms with Gasteiger partial charge < -0.3 is 9.47 Å². The number of methoxy groups -OCH3 is 2. The summed E-state index contributed by atoms with van der Waals surface area (Å²) in [6.45, 7) is 0. The van der Waals surface area contributed by atoms with Crippen molar-refractivity contribution in [3.8, 4) is 11.5 Å². The van der Waals surface area contributed by atoms with E-state index in [1.807, 2.05) is 42.5 Å². The van der Waals surface area contributed by atoms with Crippen molar-refractivity contribution in [3.63, 3.8) is 0 Å². The molecule has 2 aromatic rings. The van der Waals surface area contributed by atoms with Crippen molar-refractivity contribution in [2.24, 2.45) is 0 Å². The van der Waals surface area contributed by atoms with Gasteiger partial charge in [-0.25, -0.2) is 0 Å². The topological polar surface area (TPSA) is 35.5 Å². The summed E-state index contributed by atoms with van der Waals surface area (Å²) in [4.78, 5) is 13.1. The maximum atomic E-state index is 12.1. The first kappa shape index (κ1) is 16.2. The molecule has 2 aromatic carbocycles. The number of carbonyl (C=O) groups excluding carboxylic acids is 1. The molecule has 0 aliphatic carbocycles. The second-order valence-electron chi connectivity index (χ2n) is 4.19. The van der Waals surface area contributed by atoms with Gasteiger partial charge in [0.1, 0.15) is 0 Å². The van der Waals surface area contributed by atoms with E-state index in [1.165, 1.54) is 11.8 Å². The number of thioether (sulfide) groups is 1. The first-order valence-electron chi connectivity index (χ1n) is 6.29. The average molecular weight is 414 g/mol. The Morgan fingerprint density at radius 2 is 1.81 bits per heavy atom. The molecule has 0 spiro atoms. The van der Waals surface area contributed by atoms with E-state index in [-0.39, 0.29) is 5.78 Å². The second-order valence-corrected chi connectivity index (χ2v) is 6.29. The Morgan fingerprint density at radius 1 is 1.10 bits per heavy atom. The number of carbonyl (C=O) groups is 1. The summed E-state index contributed by atoms with van der Waals surface area (Å²) in [6, 6.07) is 13.1. The van der Waals surface area contributed by atoms with Gasteiger partial charge in [-0.2, -0.15) is 0 Å². The highest BCUT2D eigenvalue weighted by Gasteiger charge is 2.14.